The van der Waals surface area contributed by atoms with Gasteiger partial charge in [-0.05, 0) is 66.1 Å². The largest absolute Gasteiger partial charge is 0.394 e. The Bertz CT molecular complexity index is 1070. The third kappa shape index (κ3) is 4.59. The Kier molecular flexibility index (Phi) is 6.28. The molecule has 31 heavy (non-hydrogen) atoms. The maximum atomic E-state index is 12.8. The van der Waals surface area contributed by atoms with Crippen molar-refractivity contribution in [3.63, 3.8) is 0 Å². The van der Waals surface area contributed by atoms with E-state index in [4.69, 9.17) is 0 Å². The molecule has 162 valence electrons. The molecule has 2 N–H and O–H groups in total. The molecule has 1 amide bonds. The highest BCUT2D eigenvalue weighted by Gasteiger charge is 2.19. The molecule has 1 atom stereocenters. The van der Waals surface area contributed by atoms with Gasteiger partial charge in [-0.25, -0.2) is 9.67 Å². The first-order valence-corrected chi connectivity index (χ1v) is 10.5. The number of amides is 1. The number of pyridine rings is 2. The first-order valence-electron chi connectivity index (χ1n) is 10.5. The lowest BCUT2D eigenvalue weighted by atomic mass is 10.0. The minimum absolute atomic E-state index is 0.103. The van der Waals surface area contributed by atoms with Gasteiger partial charge in [-0.1, -0.05) is 13.0 Å². The molecule has 0 saturated heterocycles. The Hall–Kier alpha value is -3.24. The summed E-state index contributed by atoms with van der Waals surface area (Å²) >= 11 is 0. The fraction of sp³-hybridized carbons (Fsp3) is 0.429. The van der Waals surface area contributed by atoms with Crippen LogP contribution in [0.5, 0.6) is 0 Å². The number of aliphatic hydroxyl groups is 1. The lowest BCUT2D eigenvalue weighted by Gasteiger charge is -2.28. The molecule has 3 aromatic heterocycles. The van der Waals surface area contributed by atoms with Crippen molar-refractivity contribution in [3.05, 3.63) is 47.3 Å². The highest BCUT2D eigenvalue weighted by molar-refractivity contribution is 6.02. The number of hydrogen-bond acceptors (Lipinski definition) is 8. The van der Waals surface area contributed by atoms with Gasteiger partial charge in [-0.2, -0.15) is 0 Å². The molecular weight excluding hydrogens is 396 g/mol. The number of hydrogen-bond donors (Lipinski definition) is 2. The smallest absolute Gasteiger partial charge is 0.275 e. The summed E-state index contributed by atoms with van der Waals surface area (Å²) in [7, 11) is 0. The van der Waals surface area contributed by atoms with Crippen LogP contribution < -0.4 is 5.32 Å². The number of anilines is 1. The summed E-state index contributed by atoms with van der Waals surface area (Å²) in [5, 5.41) is 23.8. The Balaban J connectivity index is 1.52. The molecule has 10 nitrogen and oxygen atoms in total. The van der Waals surface area contributed by atoms with E-state index in [1.54, 1.807) is 25.1 Å². The van der Waals surface area contributed by atoms with E-state index in [-0.39, 0.29) is 18.6 Å². The van der Waals surface area contributed by atoms with E-state index in [2.05, 4.69) is 42.6 Å². The number of tetrazole rings is 1. The van der Waals surface area contributed by atoms with Gasteiger partial charge in [0.1, 0.15) is 17.2 Å². The number of carbonyl (C=O) groups excluding carboxylic acids is 1. The third-order valence-electron chi connectivity index (χ3n) is 5.34. The number of aliphatic hydroxyl groups excluding tert-OH is 1. The standard InChI is InChI=1S/C21H26N8O2/c1-3-8-28-9-7-15-11-22-18(10-16(15)12-28)21(31)24-19-6-4-5-17(23-19)20-25-26-27-29(20)14(2)13-30/h4-6,10-11,14,30H,3,7-9,12-13H2,1-2H3,(H,23,24,31)/t14-/m1/s1. The molecule has 0 bridgehead atoms. The molecule has 0 spiro atoms. The van der Waals surface area contributed by atoms with Crippen LogP contribution in [0.15, 0.2) is 30.5 Å². The monoisotopic (exact) mass is 422 g/mol. The second-order valence-electron chi connectivity index (χ2n) is 7.71. The Morgan fingerprint density at radius 3 is 3.00 bits per heavy atom. The minimum atomic E-state index is -0.316. The molecule has 10 heteroatoms. The Morgan fingerprint density at radius 2 is 2.19 bits per heavy atom. The summed E-state index contributed by atoms with van der Waals surface area (Å²) in [6, 6.07) is 6.80. The first kappa shape index (κ1) is 21.0. The van der Waals surface area contributed by atoms with Crippen LogP contribution in [0.3, 0.4) is 0 Å². The van der Waals surface area contributed by atoms with Crippen LogP contribution in [0.1, 0.15) is 47.9 Å². The zero-order chi connectivity index (χ0) is 21.8. The molecule has 4 heterocycles. The highest BCUT2D eigenvalue weighted by Crippen LogP contribution is 2.21. The van der Waals surface area contributed by atoms with Gasteiger partial charge < -0.3 is 10.4 Å². The molecule has 0 saturated carbocycles. The normalized spacial score (nSPS) is 14.8. The minimum Gasteiger partial charge on any atom is -0.394 e. The van der Waals surface area contributed by atoms with Gasteiger partial charge in [-0.3, -0.25) is 14.7 Å². The zero-order valence-corrected chi connectivity index (χ0v) is 17.7. The zero-order valence-electron chi connectivity index (χ0n) is 17.7. The van der Waals surface area contributed by atoms with Crippen LogP contribution in [-0.2, 0) is 13.0 Å². The maximum absolute atomic E-state index is 12.8. The average molecular weight is 422 g/mol. The number of nitrogens with one attached hydrogen (secondary N) is 1. The van der Waals surface area contributed by atoms with Crippen molar-refractivity contribution in [2.24, 2.45) is 0 Å². The summed E-state index contributed by atoms with van der Waals surface area (Å²) in [5.74, 6) is 0.477. The highest BCUT2D eigenvalue weighted by atomic mass is 16.3. The summed E-state index contributed by atoms with van der Waals surface area (Å²) in [4.78, 5) is 24.0. The number of aromatic nitrogens is 6. The van der Waals surface area contributed by atoms with Crippen molar-refractivity contribution in [1.82, 2.24) is 35.1 Å². The van der Waals surface area contributed by atoms with Crippen molar-refractivity contribution in [3.8, 4) is 11.5 Å². The third-order valence-corrected chi connectivity index (χ3v) is 5.34. The Morgan fingerprint density at radius 1 is 1.32 bits per heavy atom. The van der Waals surface area contributed by atoms with E-state index in [0.29, 0.717) is 23.0 Å². The van der Waals surface area contributed by atoms with Crippen LogP contribution in [0.25, 0.3) is 11.5 Å². The summed E-state index contributed by atoms with van der Waals surface area (Å²) < 4.78 is 1.50. The lowest BCUT2D eigenvalue weighted by Crippen LogP contribution is -2.31. The summed E-state index contributed by atoms with van der Waals surface area (Å²) in [6.07, 6.45) is 3.87. The number of carbonyl (C=O) groups is 1. The van der Waals surface area contributed by atoms with Crippen LogP contribution in [0, 0.1) is 0 Å². The van der Waals surface area contributed by atoms with Gasteiger partial charge >= 0.3 is 0 Å². The summed E-state index contributed by atoms with van der Waals surface area (Å²) in [6.45, 7) is 6.78. The van der Waals surface area contributed by atoms with E-state index in [9.17, 15) is 9.90 Å². The average Bonchev–Trinajstić information content (AvgIpc) is 3.28. The number of nitrogens with zero attached hydrogens (tertiary/aromatic N) is 7. The second kappa shape index (κ2) is 9.27. The molecule has 3 aromatic rings. The quantitative estimate of drug-likeness (QED) is 0.590. The lowest BCUT2D eigenvalue weighted by molar-refractivity contribution is 0.102. The van der Waals surface area contributed by atoms with Gasteiger partial charge in [0.05, 0.1) is 12.6 Å². The molecule has 0 radical (unpaired) electrons. The molecule has 4 rings (SSSR count). The van der Waals surface area contributed by atoms with E-state index in [1.807, 2.05) is 12.3 Å². The Labute approximate surface area is 180 Å². The molecule has 0 unspecified atom stereocenters. The van der Waals surface area contributed by atoms with Crippen LogP contribution in [0.2, 0.25) is 0 Å². The molecule has 0 aliphatic carbocycles. The maximum Gasteiger partial charge on any atom is 0.275 e. The van der Waals surface area contributed by atoms with Crippen molar-refractivity contribution in [1.29, 1.82) is 0 Å². The van der Waals surface area contributed by atoms with E-state index >= 15 is 0 Å². The van der Waals surface area contributed by atoms with E-state index in [1.165, 1.54) is 10.2 Å². The second-order valence-corrected chi connectivity index (χ2v) is 7.71. The van der Waals surface area contributed by atoms with Gasteiger partial charge in [0, 0.05) is 19.3 Å². The van der Waals surface area contributed by atoms with Gasteiger partial charge in [-0.15, -0.1) is 5.10 Å². The first-order chi connectivity index (χ1) is 15.1. The topological polar surface area (TPSA) is 122 Å². The summed E-state index contributed by atoms with van der Waals surface area (Å²) in [5.41, 5.74) is 3.22. The fourth-order valence-electron chi connectivity index (χ4n) is 3.67. The van der Waals surface area contributed by atoms with Gasteiger partial charge in [0.25, 0.3) is 5.91 Å². The van der Waals surface area contributed by atoms with Crippen LogP contribution in [-0.4, -0.2) is 65.8 Å². The SMILES string of the molecule is CCCN1CCc2cnc(C(=O)Nc3cccc(-c4nnnn4[C@H](C)CO)n3)cc2C1. The van der Waals surface area contributed by atoms with Crippen molar-refractivity contribution in [2.75, 3.05) is 25.0 Å². The van der Waals surface area contributed by atoms with Crippen molar-refractivity contribution < 1.29 is 9.90 Å². The predicted molar refractivity (Wildman–Crippen MR) is 114 cm³/mol. The van der Waals surface area contributed by atoms with Crippen molar-refractivity contribution in [2.45, 2.75) is 39.3 Å². The van der Waals surface area contributed by atoms with Crippen LogP contribution in [0.4, 0.5) is 5.82 Å². The van der Waals surface area contributed by atoms with Gasteiger partial charge in [0.2, 0.25) is 5.82 Å². The molecule has 0 fully saturated rings. The van der Waals surface area contributed by atoms with Gasteiger partial charge in [0.15, 0.2) is 0 Å². The van der Waals surface area contributed by atoms with Crippen LogP contribution >= 0.6 is 0 Å². The number of rotatable bonds is 7. The molecular formula is C21H26N8O2. The molecule has 1 aliphatic heterocycles. The molecule has 1 aliphatic rings. The predicted octanol–water partition coefficient (Wildman–Crippen LogP) is 1.70. The number of fused-ring (bicyclic) bond motifs is 1. The van der Waals surface area contributed by atoms with E-state index < -0.39 is 0 Å². The van der Waals surface area contributed by atoms with Crippen molar-refractivity contribution >= 4 is 11.7 Å². The van der Waals surface area contributed by atoms with E-state index in [0.717, 1.165) is 38.0 Å². The molecule has 0 aromatic carbocycles. The fourth-order valence-corrected chi connectivity index (χ4v) is 3.67.